The van der Waals surface area contributed by atoms with Crippen molar-refractivity contribution in [2.45, 2.75) is 45.0 Å². The van der Waals surface area contributed by atoms with E-state index in [9.17, 15) is 4.79 Å². The van der Waals surface area contributed by atoms with Gasteiger partial charge in [0.05, 0.1) is 12.2 Å². The van der Waals surface area contributed by atoms with Crippen LogP contribution in [0.15, 0.2) is 6.07 Å². The van der Waals surface area contributed by atoms with E-state index in [4.69, 9.17) is 4.74 Å². The Balaban J connectivity index is 1.87. The summed E-state index contributed by atoms with van der Waals surface area (Å²) >= 11 is 1.96. The zero-order valence-corrected chi connectivity index (χ0v) is 13.9. The molecule has 3 heterocycles. The second-order valence-electron chi connectivity index (χ2n) is 5.87. The van der Waals surface area contributed by atoms with Gasteiger partial charge in [-0.05, 0) is 33.3 Å². The van der Waals surface area contributed by atoms with Crippen molar-refractivity contribution in [3.63, 3.8) is 0 Å². The molecule has 1 aromatic rings. The van der Waals surface area contributed by atoms with Gasteiger partial charge < -0.3 is 14.2 Å². The zero-order chi connectivity index (χ0) is 15.0. The fraction of sp³-hybridized carbons (Fsp3) is 0.688. The summed E-state index contributed by atoms with van der Waals surface area (Å²) in [6.07, 6.45) is 0.968. The lowest BCUT2D eigenvalue weighted by atomic mass is 10.0. The van der Waals surface area contributed by atoms with Crippen molar-refractivity contribution in [3.05, 3.63) is 23.0 Å². The second-order valence-corrected chi connectivity index (χ2v) is 7.21. The third-order valence-electron chi connectivity index (χ3n) is 4.71. The molecule has 116 valence electrons. The van der Waals surface area contributed by atoms with Crippen molar-refractivity contribution in [2.24, 2.45) is 0 Å². The maximum Gasteiger partial charge on any atom is 0.255 e. The maximum absolute atomic E-state index is 13.0. The molecule has 0 aromatic carbocycles. The third kappa shape index (κ3) is 2.61. The molecule has 21 heavy (non-hydrogen) atoms. The van der Waals surface area contributed by atoms with Crippen LogP contribution in [0.3, 0.4) is 0 Å². The van der Waals surface area contributed by atoms with Gasteiger partial charge in [-0.3, -0.25) is 4.79 Å². The van der Waals surface area contributed by atoms with Gasteiger partial charge in [-0.15, -0.1) is 0 Å². The van der Waals surface area contributed by atoms with E-state index in [1.165, 1.54) is 5.69 Å². The Kier molecular flexibility index (Phi) is 4.31. The minimum absolute atomic E-state index is 0.208. The first-order valence-corrected chi connectivity index (χ1v) is 8.85. The molecule has 0 bridgehead atoms. The Morgan fingerprint density at radius 3 is 3.00 bits per heavy atom. The molecular weight excluding hydrogens is 284 g/mol. The highest BCUT2D eigenvalue weighted by Crippen LogP contribution is 2.31. The maximum atomic E-state index is 13.0. The van der Waals surface area contributed by atoms with Crippen LogP contribution in [0, 0.1) is 13.8 Å². The van der Waals surface area contributed by atoms with Gasteiger partial charge in [-0.1, -0.05) is 0 Å². The summed E-state index contributed by atoms with van der Waals surface area (Å²) in [4.78, 5) is 15.1. The number of aromatic nitrogens is 1. The molecule has 5 heteroatoms. The van der Waals surface area contributed by atoms with E-state index in [1.807, 2.05) is 11.8 Å². The average molecular weight is 308 g/mol. The number of rotatable bonds is 2. The molecule has 1 amide bonds. The molecule has 2 atom stereocenters. The van der Waals surface area contributed by atoms with Crippen LogP contribution in [0.4, 0.5) is 0 Å². The third-order valence-corrected chi connectivity index (χ3v) is 6.01. The van der Waals surface area contributed by atoms with Gasteiger partial charge in [0, 0.05) is 48.1 Å². The van der Waals surface area contributed by atoms with Crippen LogP contribution in [0.25, 0.3) is 0 Å². The molecule has 0 saturated carbocycles. The molecule has 0 unspecified atom stereocenters. The number of amides is 1. The van der Waals surface area contributed by atoms with Crippen molar-refractivity contribution in [1.29, 1.82) is 0 Å². The number of fused-ring (bicyclic) bond motifs is 1. The molecule has 3 rings (SSSR count). The normalized spacial score (nSPS) is 25.8. The average Bonchev–Trinajstić information content (AvgIpc) is 2.80. The van der Waals surface area contributed by atoms with Crippen LogP contribution < -0.4 is 0 Å². The summed E-state index contributed by atoms with van der Waals surface area (Å²) in [6.45, 7) is 9.61. The first-order valence-electron chi connectivity index (χ1n) is 7.80. The summed E-state index contributed by atoms with van der Waals surface area (Å²) in [6, 6.07) is 2.40. The van der Waals surface area contributed by atoms with E-state index in [0.717, 1.165) is 49.7 Å². The SMILES string of the molecule is CCn1c(C)cc(C(=O)N2CCS[C@@H]3COCC[C@@H]32)c1C. The fourth-order valence-electron chi connectivity index (χ4n) is 3.60. The van der Waals surface area contributed by atoms with E-state index in [1.54, 1.807) is 0 Å². The Bertz CT molecular complexity index is 539. The van der Waals surface area contributed by atoms with Gasteiger partial charge in [0.25, 0.3) is 5.91 Å². The summed E-state index contributed by atoms with van der Waals surface area (Å²) in [5.74, 6) is 1.22. The van der Waals surface area contributed by atoms with Crippen LogP contribution in [0.2, 0.25) is 0 Å². The number of carbonyl (C=O) groups is 1. The lowest BCUT2D eigenvalue weighted by Crippen LogP contribution is -2.54. The van der Waals surface area contributed by atoms with Crippen molar-refractivity contribution in [3.8, 4) is 0 Å². The highest BCUT2D eigenvalue weighted by atomic mass is 32.2. The minimum atomic E-state index is 0.208. The topological polar surface area (TPSA) is 34.5 Å². The van der Waals surface area contributed by atoms with Crippen LogP contribution >= 0.6 is 11.8 Å². The number of hydrogen-bond donors (Lipinski definition) is 0. The Hall–Kier alpha value is -0.940. The summed E-state index contributed by atoms with van der Waals surface area (Å²) in [7, 11) is 0. The molecule has 0 radical (unpaired) electrons. The molecule has 0 spiro atoms. The van der Waals surface area contributed by atoms with Crippen LogP contribution in [0.1, 0.15) is 35.1 Å². The van der Waals surface area contributed by atoms with Gasteiger partial charge >= 0.3 is 0 Å². The zero-order valence-electron chi connectivity index (χ0n) is 13.1. The largest absolute Gasteiger partial charge is 0.380 e. The molecule has 2 aliphatic heterocycles. The number of hydrogen-bond acceptors (Lipinski definition) is 3. The first kappa shape index (κ1) is 15.0. The van der Waals surface area contributed by atoms with Crippen molar-refractivity contribution in [1.82, 2.24) is 9.47 Å². The van der Waals surface area contributed by atoms with E-state index in [2.05, 4.69) is 36.3 Å². The summed E-state index contributed by atoms with van der Waals surface area (Å²) in [5.41, 5.74) is 3.15. The smallest absolute Gasteiger partial charge is 0.255 e. The lowest BCUT2D eigenvalue weighted by Gasteiger charge is -2.43. The van der Waals surface area contributed by atoms with Crippen LogP contribution in [0.5, 0.6) is 0 Å². The van der Waals surface area contributed by atoms with E-state index in [0.29, 0.717) is 11.3 Å². The Morgan fingerprint density at radius 2 is 2.29 bits per heavy atom. The lowest BCUT2D eigenvalue weighted by molar-refractivity contribution is 0.0318. The molecule has 1 aromatic heterocycles. The van der Waals surface area contributed by atoms with E-state index in [-0.39, 0.29) is 5.91 Å². The Morgan fingerprint density at radius 1 is 1.48 bits per heavy atom. The molecule has 2 aliphatic rings. The van der Waals surface area contributed by atoms with Gasteiger partial charge in [-0.25, -0.2) is 0 Å². The molecule has 2 saturated heterocycles. The fourth-order valence-corrected chi connectivity index (χ4v) is 4.90. The number of carbonyl (C=O) groups excluding carboxylic acids is 1. The van der Waals surface area contributed by atoms with E-state index < -0.39 is 0 Å². The molecule has 0 N–H and O–H groups in total. The standard InChI is InChI=1S/C16H24N2O2S/c1-4-17-11(2)9-13(12(17)3)16(19)18-6-8-21-15-10-20-7-5-14(15)18/h9,14-15H,4-8,10H2,1-3H3/t14-,15+/m0/s1. The number of aryl methyl sites for hydroxylation is 1. The predicted octanol–water partition coefficient (Wildman–Crippen LogP) is 2.47. The number of thioether (sulfide) groups is 1. The van der Waals surface area contributed by atoms with Gasteiger partial charge in [0.15, 0.2) is 0 Å². The highest BCUT2D eigenvalue weighted by Gasteiger charge is 2.37. The van der Waals surface area contributed by atoms with Crippen LogP contribution in [-0.4, -0.2) is 52.2 Å². The van der Waals surface area contributed by atoms with Crippen molar-refractivity contribution < 1.29 is 9.53 Å². The summed E-state index contributed by atoms with van der Waals surface area (Å²) < 4.78 is 7.79. The Labute approximate surface area is 130 Å². The van der Waals surface area contributed by atoms with Crippen molar-refractivity contribution in [2.75, 3.05) is 25.5 Å². The monoisotopic (exact) mass is 308 g/mol. The minimum Gasteiger partial charge on any atom is -0.380 e. The molecule has 4 nitrogen and oxygen atoms in total. The predicted molar refractivity (Wildman–Crippen MR) is 86.1 cm³/mol. The van der Waals surface area contributed by atoms with Crippen LogP contribution in [-0.2, 0) is 11.3 Å². The molecular formula is C16H24N2O2S. The molecule has 2 fully saturated rings. The first-order chi connectivity index (χ1) is 10.1. The quantitative estimate of drug-likeness (QED) is 0.842. The summed E-state index contributed by atoms with van der Waals surface area (Å²) in [5, 5.41) is 0.450. The van der Waals surface area contributed by atoms with Crippen molar-refractivity contribution >= 4 is 17.7 Å². The second kappa shape index (κ2) is 6.05. The van der Waals surface area contributed by atoms with E-state index >= 15 is 0 Å². The number of ether oxygens (including phenoxy) is 1. The molecule has 0 aliphatic carbocycles. The van der Waals surface area contributed by atoms with Gasteiger partial charge in [-0.2, -0.15) is 11.8 Å². The highest BCUT2D eigenvalue weighted by molar-refractivity contribution is 8.00. The van der Waals surface area contributed by atoms with Gasteiger partial charge in [0.2, 0.25) is 0 Å². The number of nitrogens with zero attached hydrogens (tertiary/aromatic N) is 2. The van der Waals surface area contributed by atoms with Gasteiger partial charge in [0.1, 0.15) is 0 Å².